The summed E-state index contributed by atoms with van der Waals surface area (Å²) in [5.41, 5.74) is 5.75. The summed E-state index contributed by atoms with van der Waals surface area (Å²) >= 11 is 2.89. The first-order valence-corrected chi connectivity index (χ1v) is 8.64. The van der Waals surface area contributed by atoms with Crippen LogP contribution in [0.3, 0.4) is 0 Å². The molecule has 122 valence electrons. The lowest BCUT2D eigenvalue weighted by molar-refractivity contribution is -0.140. The zero-order chi connectivity index (χ0) is 17.5. The Balaban J connectivity index is 2.17. The minimum Gasteiger partial charge on any atom is -0.454 e. The molecule has 0 radical (unpaired) electrons. The molecule has 0 aliphatic rings. The average molecular weight is 358 g/mol. The predicted molar refractivity (Wildman–Crippen MR) is 95.0 cm³/mol. The van der Waals surface area contributed by atoms with Gasteiger partial charge >= 0.3 is 5.97 Å². The number of hydrogen-bond acceptors (Lipinski definition) is 7. The molecule has 0 aromatic carbocycles. The number of nitrogens with two attached hydrogens (primary N) is 1. The fraction of sp³-hybridized carbons (Fsp3) is 0.118. The zero-order valence-corrected chi connectivity index (χ0v) is 14.4. The highest BCUT2D eigenvalue weighted by Crippen LogP contribution is 2.25. The summed E-state index contributed by atoms with van der Waals surface area (Å²) in [6.45, 7) is 0.926. The Morgan fingerprint density at radius 3 is 2.54 bits per heavy atom. The van der Waals surface area contributed by atoms with E-state index in [0.29, 0.717) is 5.57 Å². The first kappa shape index (κ1) is 17.7. The van der Waals surface area contributed by atoms with E-state index in [1.54, 1.807) is 18.2 Å². The van der Waals surface area contributed by atoms with E-state index in [-0.39, 0.29) is 11.3 Å². The molecule has 5 nitrogen and oxygen atoms in total. The molecule has 2 rings (SSSR count). The smallest absolute Gasteiger partial charge is 0.340 e. The fourth-order valence-electron chi connectivity index (χ4n) is 1.83. The Bertz CT molecular complexity index is 822. The van der Waals surface area contributed by atoms with E-state index in [2.05, 4.69) is 0 Å². The summed E-state index contributed by atoms with van der Waals surface area (Å²) in [7, 11) is 0. The molecule has 2 aromatic heterocycles. The van der Waals surface area contributed by atoms with Crippen molar-refractivity contribution in [2.75, 3.05) is 6.61 Å². The number of Topliss-reactive ketones (excluding diaryl/α,β-unsaturated/α-hetero) is 1. The van der Waals surface area contributed by atoms with Crippen molar-refractivity contribution in [3.63, 3.8) is 0 Å². The molecule has 0 spiro atoms. The maximum Gasteiger partial charge on any atom is 0.340 e. The summed E-state index contributed by atoms with van der Waals surface area (Å²) in [5, 5.41) is 12.7. The Kier molecular flexibility index (Phi) is 6.07. The van der Waals surface area contributed by atoms with Crippen LogP contribution in [-0.2, 0) is 14.3 Å². The van der Waals surface area contributed by atoms with E-state index in [0.717, 1.165) is 9.75 Å². The Morgan fingerprint density at radius 2 is 2.00 bits per heavy atom. The Morgan fingerprint density at radius 1 is 1.29 bits per heavy atom. The van der Waals surface area contributed by atoms with Crippen molar-refractivity contribution in [1.29, 1.82) is 5.26 Å². The third kappa shape index (κ3) is 4.41. The van der Waals surface area contributed by atoms with Gasteiger partial charge in [0.15, 0.2) is 6.61 Å². The van der Waals surface area contributed by atoms with Gasteiger partial charge in [-0.3, -0.25) is 4.79 Å². The van der Waals surface area contributed by atoms with Crippen LogP contribution in [0.2, 0.25) is 0 Å². The topological polar surface area (TPSA) is 93.2 Å². The molecule has 0 aliphatic carbocycles. The Hall–Kier alpha value is -2.69. The molecule has 2 N–H and O–H groups in total. The van der Waals surface area contributed by atoms with Crippen LogP contribution in [-0.4, -0.2) is 18.4 Å². The van der Waals surface area contributed by atoms with Crippen LogP contribution in [0.25, 0.3) is 11.6 Å². The number of ketones is 1. The molecule has 0 aliphatic heterocycles. The first-order chi connectivity index (χ1) is 11.5. The molecule has 7 heteroatoms. The molecule has 2 aromatic rings. The first-order valence-electron chi connectivity index (χ1n) is 6.88. The van der Waals surface area contributed by atoms with Crippen LogP contribution in [0.4, 0.5) is 0 Å². The van der Waals surface area contributed by atoms with Gasteiger partial charge in [0.25, 0.3) is 0 Å². The van der Waals surface area contributed by atoms with Crippen molar-refractivity contribution in [2.45, 2.75) is 6.92 Å². The standard InChI is InChI=1S/C17H14N2O3S2/c1-11(19)14(9-18)15(20)10-22-17(21)13(16-5-3-7-24-16)8-12-4-2-6-23-12/h2-8H,10,19H2,1H3. The zero-order valence-electron chi connectivity index (χ0n) is 12.8. The summed E-state index contributed by atoms with van der Waals surface area (Å²) in [6.07, 6.45) is 1.72. The maximum atomic E-state index is 12.4. The number of carbonyl (C=O) groups excluding carboxylic acids is 2. The van der Waals surface area contributed by atoms with Crippen molar-refractivity contribution in [3.05, 3.63) is 56.1 Å². The number of nitriles is 1. The molecule has 0 atom stereocenters. The molecule has 0 unspecified atom stereocenters. The van der Waals surface area contributed by atoms with E-state index in [4.69, 9.17) is 15.7 Å². The van der Waals surface area contributed by atoms with Gasteiger partial charge in [-0.05, 0) is 35.9 Å². The number of esters is 1. The summed E-state index contributed by atoms with van der Waals surface area (Å²) in [6, 6.07) is 9.11. The van der Waals surface area contributed by atoms with Crippen molar-refractivity contribution >= 4 is 46.1 Å². The number of allylic oxidation sites excluding steroid dienone is 1. The second-order valence-electron chi connectivity index (χ2n) is 4.72. The van der Waals surface area contributed by atoms with Crippen LogP contribution < -0.4 is 5.73 Å². The van der Waals surface area contributed by atoms with Crippen molar-refractivity contribution in [2.24, 2.45) is 5.73 Å². The number of hydrogen-bond donors (Lipinski definition) is 1. The van der Waals surface area contributed by atoms with Gasteiger partial charge in [0.05, 0.1) is 5.57 Å². The van der Waals surface area contributed by atoms with Crippen LogP contribution >= 0.6 is 22.7 Å². The van der Waals surface area contributed by atoms with Crippen LogP contribution in [0.15, 0.2) is 46.3 Å². The Labute approximate surface area is 147 Å². The van der Waals surface area contributed by atoms with E-state index in [1.807, 2.05) is 29.0 Å². The lowest BCUT2D eigenvalue weighted by atomic mass is 10.1. The normalized spacial score (nSPS) is 12.2. The quantitative estimate of drug-likeness (QED) is 0.486. The average Bonchev–Trinajstić information content (AvgIpc) is 3.23. The van der Waals surface area contributed by atoms with E-state index >= 15 is 0 Å². The predicted octanol–water partition coefficient (Wildman–Crippen LogP) is 3.22. The fourth-order valence-corrected chi connectivity index (χ4v) is 3.22. The molecule has 0 saturated carbocycles. The summed E-state index contributed by atoms with van der Waals surface area (Å²) in [4.78, 5) is 25.9. The molecule has 0 amide bonds. The van der Waals surface area contributed by atoms with E-state index in [9.17, 15) is 9.59 Å². The highest BCUT2D eigenvalue weighted by Gasteiger charge is 2.19. The number of thiophene rings is 2. The number of rotatable bonds is 6. The van der Waals surface area contributed by atoms with Gasteiger partial charge < -0.3 is 10.5 Å². The highest BCUT2D eigenvalue weighted by molar-refractivity contribution is 7.12. The monoisotopic (exact) mass is 358 g/mol. The lowest BCUT2D eigenvalue weighted by Crippen LogP contribution is -2.18. The van der Waals surface area contributed by atoms with Gasteiger partial charge in [0, 0.05) is 15.5 Å². The molecule has 0 fully saturated rings. The minimum atomic E-state index is -0.619. The largest absolute Gasteiger partial charge is 0.454 e. The van der Waals surface area contributed by atoms with E-state index < -0.39 is 18.4 Å². The van der Waals surface area contributed by atoms with Gasteiger partial charge in [-0.25, -0.2) is 4.79 Å². The highest BCUT2D eigenvalue weighted by atomic mass is 32.1. The molecule has 0 bridgehead atoms. The van der Waals surface area contributed by atoms with E-state index in [1.165, 1.54) is 29.6 Å². The maximum absolute atomic E-state index is 12.4. The number of nitrogens with zero attached hydrogens (tertiary/aromatic N) is 1. The van der Waals surface area contributed by atoms with Crippen LogP contribution in [0.5, 0.6) is 0 Å². The van der Waals surface area contributed by atoms with Gasteiger partial charge in [-0.1, -0.05) is 12.1 Å². The third-order valence-corrected chi connectivity index (χ3v) is 4.68. The number of carbonyl (C=O) groups is 2. The number of ether oxygens (including phenoxy) is 1. The second kappa shape index (κ2) is 8.24. The van der Waals surface area contributed by atoms with Crippen molar-refractivity contribution in [3.8, 4) is 6.07 Å². The lowest BCUT2D eigenvalue weighted by Gasteiger charge is -2.07. The van der Waals surface area contributed by atoms with Crippen molar-refractivity contribution < 1.29 is 14.3 Å². The van der Waals surface area contributed by atoms with Gasteiger partial charge in [0.2, 0.25) is 5.78 Å². The summed E-state index contributed by atoms with van der Waals surface area (Å²) in [5.74, 6) is -1.24. The van der Waals surface area contributed by atoms with Gasteiger partial charge in [0.1, 0.15) is 11.6 Å². The van der Waals surface area contributed by atoms with Gasteiger partial charge in [-0.15, -0.1) is 22.7 Å². The molecular weight excluding hydrogens is 344 g/mol. The second-order valence-corrected chi connectivity index (χ2v) is 6.65. The molecule has 0 saturated heterocycles. The molecule has 2 heterocycles. The van der Waals surface area contributed by atoms with Crippen molar-refractivity contribution in [1.82, 2.24) is 0 Å². The molecular formula is C17H14N2O3S2. The SMILES string of the molecule is CC(N)=C(C#N)C(=O)COC(=O)C(=Cc1cccs1)c1cccs1. The van der Waals surface area contributed by atoms with Crippen LogP contribution in [0, 0.1) is 11.3 Å². The van der Waals surface area contributed by atoms with Crippen LogP contribution in [0.1, 0.15) is 16.7 Å². The van der Waals surface area contributed by atoms with Gasteiger partial charge in [-0.2, -0.15) is 5.26 Å². The minimum absolute atomic E-state index is 0.103. The third-order valence-electron chi connectivity index (χ3n) is 2.96. The summed E-state index contributed by atoms with van der Waals surface area (Å²) < 4.78 is 5.09. The molecule has 24 heavy (non-hydrogen) atoms.